The normalized spacial score (nSPS) is 15.5. The van der Waals surface area contributed by atoms with Crippen molar-refractivity contribution in [2.75, 3.05) is 5.32 Å². The lowest BCUT2D eigenvalue weighted by molar-refractivity contribution is -0.384. The van der Waals surface area contributed by atoms with Crippen LogP contribution in [0.2, 0.25) is 0 Å². The number of aromatic nitrogens is 1. The number of nitro benzene ring substituents is 1. The van der Waals surface area contributed by atoms with Crippen LogP contribution in [0.5, 0.6) is 0 Å². The number of rotatable bonds is 4. The zero-order chi connectivity index (χ0) is 19.7. The van der Waals surface area contributed by atoms with Gasteiger partial charge in [-0.1, -0.05) is 31.0 Å². The van der Waals surface area contributed by atoms with E-state index in [-0.39, 0.29) is 11.6 Å². The van der Waals surface area contributed by atoms with Crippen LogP contribution in [0.4, 0.5) is 11.4 Å². The van der Waals surface area contributed by atoms with Crippen molar-refractivity contribution in [2.24, 2.45) is 0 Å². The van der Waals surface area contributed by atoms with Gasteiger partial charge in [-0.25, -0.2) is 0 Å². The van der Waals surface area contributed by atoms with Crippen molar-refractivity contribution in [1.29, 1.82) is 0 Å². The predicted molar refractivity (Wildman–Crippen MR) is 108 cm³/mol. The third-order valence-electron chi connectivity index (χ3n) is 5.64. The molecule has 6 nitrogen and oxygen atoms in total. The number of hydrogen-bond acceptors (Lipinski definition) is 4. The van der Waals surface area contributed by atoms with Crippen molar-refractivity contribution in [2.45, 2.75) is 38.0 Å². The second-order valence-corrected chi connectivity index (χ2v) is 7.37. The second-order valence-electron chi connectivity index (χ2n) is 7.37. The monoisotopic (exact) mass is 375 g/mol. The molecule has 1 amide bonds. The van der Waals surface area contributed by atoms with Crippen LogP contribution in [0.15, 0.2) is 54.6 Å². The van der Waals surface area contributed by atoms with Crippen LogP contribution in [0.1, 0.15) is 36.9 Å². The van der Waals surface area contributed by atoms with Crippen molar-refractivity contribution in [3.05, 3.63) is 76.0 Å². The molecular formula is C22H21N3O3. The van der Waals surface area contributed by atoms with Gasteiger partial charge in [-0.05, 0) is 49.6 Å². The minimum absolute atomic E-state index is 0.0350. The number of nitrogens with one attached hydrogen (secondary N) is 1. The number of aryl methyl sites for hydroxylation is 1. The molecule has 4 rings (SSSR count). The first kappa shape index (κ1) is 18.1. The molecular weight excluding hydrogens is 354 g/mol. The Balaban J connectivity index is 1.69. The zero-order valence-corrected chi connectivity index (χ0v) is 15.6. The molecule has 0 atom stereocenters. The first-order valence-corrected chi connectivity index (χ1v) is 9.42. The van der Waals surface area contributed by atoms with Gasteiger partial charge in [0.15, 0.2) is 0 Å². The highest BCUT2D eigenvalue weighted by Gasteiger charge is 2.43. The Labute approximate surface area is 162 Å². The summed E-state index contributed by atoms with van der Waals surface area (Å²) in [5, 5.41) is 15.0. The molecule has 2 aromatic carbocycles. The van der Waals surface area contributed by atoms with Crippen LogP contribution < -0.4 is 5.32 Å². The summed E-state index contributed by atoms with van der Waals surface area (Å²) in [4.78, 5) is 28.5. The van der Waals surface area contributed by atoms with E-state index in [1.54, 1.807) is 12.1 Å². The summed E-state index contributed by atoms with van der Waals surface area (Å²) < 4.78 is 0. The summed E-state index contributed by atoms with van der Waals surface area (Å²) in [6, 6.07) is 16.0. The first-order valence-electron chi connectivity index (χ1n) is 9.42. The van der Waals surface area contributed by atoms with Crippen molar-refractivity contribution in [1.82, 2.24) is 4.98 Å². The standard InChI is InChI=1S/C22H21N3O3/c1-15-7-12-18-19(23-15)5-4-6-20(18)24-21(26)22(13-2-3-14-22)16-8-10-17(11-9-16)25(27)28/h4-12H,2-3,13-14H2,1H3,(H,24,26). The molecule has 1 fully saturated rings. The van der Waals surface area contributed by atoms with Crippen molar-refractivity contribution >= 4 is 28.2 Å². The molecule has 0 spiro atoms. The topological polar surface area (TPSA) is 85.1 Å². The number of carbonyl (C=O) groups is 1. The highest BCUT2D eigenvalue weighted by atomic mass is 16.6. The van der Waals surface area contributed by atoms with Crippen molar-refractivity contribution in [3.8, 4) is 0 Å². The third kappa shape index (κ3) is 3.11. The number of nitro groups is 1. The maximum atomic E-state index is 13.4. The average molecular weight is 375 g/mol. The van der Waals surface area contributed by atoms with Crippen LogP contribution in [0, 0.1) is 17.0 Å². The number of non-ortho nitro benzene ring substituents is 1. The predicted octanol–water partition coefficient (Wildman–Crippen LogP) is 4.90. The maximum absolute atomic E-state index is 13.4. The number of anilines is 1. The fraction of sp³-hybridized carbons (Fsp3) is 0.273. The number of benzene rings is 2. The molecule has 0 unspecified atom stereocenters. The van der Waals surface area contributed by atoms with Crippen LogP contribution in [0.25, 0.3) is 10.9 Å². The molecule has 1 aliphatic rings. The number of hydrogen-bond donors (Lipinski definition) is 1. The van der Waals surface area contributed by atoms with Gasteiger partial charge < -0.3 is 5.32 Å². The summed E-state index contributed by atoms with van der Waals surface area (Å²) >= 11 is 0. The average Bonchev–Trinajstić information content (AvgIpc) is 3.19. The molecule has 0 saturated heterocycles. The molecule has 0 radical (unpaired) electrons. The molecule has 142 valence electrons. The van der Waals surface area contributed by atoms with Crippen molar-refractivity contribution in [3.63, 3.8) is 0 Å². The van der Waals surface area contributed by atoms with Gasteiger partial charge in [-0.15, -0.1) is 0 Å². The van der Waals surface area contributed by atoms with Crippen LogP contribution in [0.3, 0.4) is 0 Å². The smallest absolute Gasteiger partial charge is 0.269 e. The van der Waals surface area contributed by atoms with Gasteiger partial charge in [-0.2, -0.15) is 0 Å². The van der Waals surface area contributed by atoms with Gasteiger partial charge in [0.2, 0.25) is 5.91 Å². The molecule has 28 heavy (non-hydrogen) atoms. The Hall–Kier alpha value is -3.28. The maximum Gasteiger partial charge on any atom is 0.269 e. The summed E-state index contributed by atoms with van der Waals surface area (Å²) in [5.74, 6) is -0.0630. The van der Waals surface area contributed by atoms with E-state index < -0.39 is 10.3 Å². The molecule has 0 bridgehead atoms. The fourth-order valence-corrected chi connectivity index (χ4v) is 4.14. The molecule has 6 heteroatoms. The van der Waals surface area contributed by atoms with Crippen LogP contribution in [-0.4, -0.2) is 15.8 Å². The number of nitrogens with zero attached hydrogens (tertiary/aromatic N) is 2. The van der Waals surface area contributed by atoms with Gasteiger partial charge in [0.1, 0.15) is 0 Å². The van der Waals surface area contributed by atoms with E-state index in [4.69, 9.17) is 0 Å². The van der Waals surface area contributed by atoms with Gasteiger partial charge >= 0.3 is 0 Å². The van der Waals surface area contributed by atoms with Crippen LogP contribution >= 0.6 is 0 Å². The van der Waals surface area contributed by atoms with Gasteiger partial charge in [0.05, 0.1) is 21.5 Å². The summed E-state index contributed by atoms with van der Waals surface area (Å²) in [6.45, 7) is 1.94. The lowest BCUT2D eigenvalue weighted by Crippen LogP contribution is -2.38. The Morgan fingerprint density at radius 1 is 1.07 bits per heavy atom. The third-order valence-corrected chi connectivity index (χ3v) is 5.64. The number of fused-ring (bicyclic) bond motifs is 1. The van der Waals surface area contributed by atoms with E-state index in [1.807, 2.05) is 37.3 Å². The lowest BCUT2D eigenvalue weighted by Gasteiger charge is -2.28. The number of amides is 1. The highest BCUT2D eigenvalue weighted by molar-refractivity contribution is 6.05. The van der Waals surface area contributed by atoms with Gasteiger partial charge in [0.25, 0.3) is 5.69 Å². The van der Waals surface area contributed by atoms with E-state index in [0.29, 0.717) is 0 Å². The molecule has 3 aromatic rings. The summed E-state index contributed by atoms with van der Waals surface area (Å²) in [6.07, 6.45) is 3.39. The molecule has 1 N–H and O–H groups in total. The van der Waals surface area contributed by atoms with E-state index in [2.05, 4.69) is 10.3 Å². The molecule has 1 saturated carbocycles. The molecule has 1 aromatic heterocycles. The molecule has 1 heterocycles. The highest BCUT2D eigenvalue weighted by Crippen LogP contribution is 2.42. The fourth-order valence-electron chi connectivity index (χ4n) is 4.14. The Kier molecular flexibility index (Phi) is 4.55. The number of pyridine rings is 1. The van der Waals surface area contributed by atoms with E-state index in [1.165, 1.54) is 12.1 Å². The quantitative estimate of drug-likeness (QED) is 0.519. The Morgan fingerprint density at radius 2 is 1.79 bits per heavy atom. The van der Waals surface area contributed by atoms with E-state index >= 15 is 0 Å². The Bertz CT molecular complexity index is 1050. The number of carbonyl (C=O) groups excluding carboxylic acids is 1. The summed E-state index contributed by atoms with van der Waals surface area (Å²) in [7, 11) is 0. The largest absolute Gasteiger partial charge is 0.325 e. The van der Waals surface area contributed by atoms with Gasteiger partial charge in [0, 0.05) is 23.2 Å². The van der Waals surface area contributed by atoms with Crippen LogP contribution in [-0.2, 0) is 10.2 Å². The first-order chi connectivity index (χ1) is 13.5. The van der Waals surface area contributed by atoms with Crippen molar-refractivity contribution < 1.29 is 9.72 Å². The van der Waals surface area contributed by atoms with Gasteiger partial charge in [-0.3, -0.25) is 19.9 Å². The Morgan fingerprint density at radius 3 is 2.46 bits per heavy atom. The molecule has 1 aliphatic carbocycles. The minimum Gasteiger partial charge on any atom is -0.325 e. The summed E-state index contributed by atoms with van der Waals surface area (Å²) in [5.41, 5.74) is 2.72. The molecule has 0 aliphatic heterocycles. The minimum atomic E-state index is -0.657. The SMILES string of the molecule is Cc1ccc2c(NC(=O)C3(c4ccc([N+](=O)[O-])cc4)CCCC3)cccc2n1. The second kappa shape index (κ2) is 7.03. The zero-order valence-electron chi connectivity index (χ0n) is 15.6. The van der Waals surface area contributed by atoms with E-state index in [9.17, 15) is 14.9 Å². The van der Waals surface area contributed by atoms with E-state index in [0.717, 1.165) is 53.5 Å². The lowest BCUT2D eigenvalue weighted by atomic mass is 9.78.